The van der Waals surface area contributed by atoms with Gasteiger partial charge in [-0.1, -0.05) is 6.92 Å². The van der Waals surface area contributed by atoms with Gasteiger partial charge in [-0.3, -0.25) is 0 Å². The number of aryl methyl sites for hydroxylation is 1. The Balaban J connectivity index is 2.22. The van der Waals surface area contributed by atoms with Crippen LogP contribution >= 0.6 is 11.3 Å². The fourth-order valence-electron chi connectivity index (χ4n) is 1.78. The van der Waals surface area contributed by atoms with Crippen LogP contribution in [0.5, 0.6) is 0 Å². The summed E-state index contributed by atoms with van der Waals surface area (Å²) in [7, 11) is -3.83. The summed E-state index contributed by atoms with van der Waals surface area (Å²) in [6, 6.07) is 2.35. The first-order valence-corrected chi connectivity index (χ1v) is 8.62. The second kappa shape index (κ2) is 6.08. The Hall–Kier alpha value is -1.51. The Kier molecular flexibility index (Phi) is 4.60. The lowest BCUT2D eigenvalue weighted by Crippen LogP contribution is -2.24. The Morgan fingerprint density at radius 2 is 2.14 bits per heavy atom. The molecule has 5 nitrogen and oxygen atoms in total. The van der Waals surface area contributed by atoms with E-state index in [4.69, 9.17) is 5.73 Å². The van der Waals surface area contributed by atoms with E-state index in [9.17, 15) is 12.8 Å². The van der Waals surface area contributed by atoms with Crippen LogP contribution in [-0.4, -0.2) is 13.4 Å². The van der Waals surface area contributed by atoms with Crippen molar-refractivity contribution in [3.63, 3.8) is 0 Å². The zero-order chi connectivity index (χ0) is 15.6. The average molecular weight is 329 g/mol. The van der Waals surface area contributed by atoms with Crippen molar-refractivity contribution >= 4 is 27.0 Å². The van der Waals surface area contributed by atoms with Crippen LogP contribution in [0.3, 0.4) is 0 Å². The van der Waals surface area contributed by atoms with E-state index < -0.39 is 15.8 Å². The van der Waals surface area contributed by atoms with Gasteiger partial charge >= 0.3 is 0 Å². The fourth-order valence-corrected chi connectivity index (χ4v) is 3.95. The molecule has 0 spiro atoms. The first-order valence-electron chi connectivity index (χ1n) is 6.32. The summed E-state index contributed by atoms with van der Waals surface area (Å²) in [6.07, 6.45) is 2.57. The maximum absolute atomic E-state index is 13.6. The van der Waals surface area contributed by atoms with Gasteiger partial charge in [-0.15, -0.1) is 11.3 Å². The highest BCUT2D eigenvalue weighted by atomic mass is 32.2. The maximum atomic E-state index is 13.6. The van der Waals surface area contributed by atoms with Crippen LogP contribution in [-0.2, 0) is 23.0 Å². The van der Waals surface area contributed by atoms with Crippen LogP contribution < -0.4 is 10.5 Å². The number of anilines is 1. The molecule has 0 saturated heterocycles. The zero-order valence-electron chi connectivity index (χ0n) is 11.7. The lowest BCUT2D eigenvalue weighted by Gasteiger charge is -2.10. The van der Waals surface area contributed by atoms with E-state index in [2.05, 4.69) is 9.71 Å². The number of hydrogen-bond acceptors (Lipinski definition) is 5. The summed E-state index contributed by atoms with van der Waals surface area (Å²) in [6.45, 7) is 3.48. The van der Waals surface area contributed by atoms with Crippen molar-refractivity contribution in [2.24, 2.45) is 0 Å². The molecule has 0 unspecified atom stereocenters. The number of aromatic nitrogens is 1. The Bertz CT molecular complexity index is 757. The molecule has 1 aromatic heterocycles. The van der Waals surface area contributed by atoms with Crippen molar-refractivity contribution in [3.8, 4) is 0 Å². The van der Waals surface area contributed by atoms with Crippen molar-refractivity contribution in [1.29, 1.82) is 0 Å². The standard InChI is InChI=1S/C13H16FN3O2S2/c1-3-10-6-16-13(20-10)7-17-21(18,19)12-5-9(15)4-11(14)8(12)2/h4-6,17H,3,7,15H2,1-2H3. The van der Waals surface area contributed by atoms with Crippen LogP contribution in [0.1, 0.15) is 22.4 Å². The molecule has 0 aliphatic rings. The molecular formula is C13H16FN3O2S2. The number of nitrogens with two attached hydrogens (primary N) is 1. The number of nitrogens with one attached hydrogen (secondary N) is 1. The quantitative estimate of drug-likeness (QED) is 0.824. The number of nitrogens with zero attached hydrogens (tertiary/aromatic N) is 1. The van der Waals surface area contributed by atoms with Gasteiger partial charge in [0.25, 0.3) is 0 Å². The van der Waals surface area contributed by atoms with E-state index in [1.54, 1.807) is 6.20 Å². The number of halogens is 1. The largest absolute Gasteiger partial charge is 0.399 e. The van der Waals surface area contributed by atoms with Crippen LogP contribution in [0, 0.1) is 12.7 Å². The summed E-state index contributed by atoms with van der Waals surface area (Å²) in [5.41, 5.74) is 5.63. The van der Waals surface area contributed by atoms with Gasteiger partial charge in [0, 0.05) is 22.3 Å². The fraction of sp³-hybridized carbons (Fsp3) is 0.308. The third-order valence-electron chi connectivity index (χ3n) is 2.97. The monoisotopic (exact) mass is 329 g/mol. The van der Waals surface area contributed by atoms with E-state index in [1.165, 1.54) is 24.3 Å². The molecule has 0 aliphatic carbocycles. The summed E-state index contributed by atoms with van der Waals surface area (Å²) in [4.78, 5) is 5.07. The molecule has 0 bridgehead atoms. The van der Waals surface area contributed by atoms with Gasteiger partial charge in [-0.05, 0) is 25.5 Å². The minimum atomic E-state index is -3.83. The molecule has 2 rings (SSSR count). The summed E-state index contributed by atoms with van der Waals surface area (Å²) in [5.74, 6) is -0.641. The second-order valence-corrected chi connectivity index (χ2v) is 7.46. The van der Waals surface area contributed by atoms with Gasteiger partial charge in [-0.25, -0.2) is 22.5 Å². The number of thiazole rings is 1. The first kappa shape index (κ1) is 15.9. The highest BCUT2D eigenvalue weighted by Gasteiger charge is 2.20. The smallest absolute Gasteiger partial charge is 0.241 e. The number of sulfonamides is 1. The molecule has 21 heavy (non-hydrogen) atoms. The van der Waals surface area contributed by atoms with Crippen molar-refractivity contribution in [2.75, 3.05) is 5.73 Å². The van der Waals surface area contributed by atoms with Gasteiger partial charge in [0.05, 0.1) is 11.4 Å². The van der Waals surface area contributed by atoms with Crippen molar-refractivity contribution in [2.45, 2.75) is 31.7 Å². The lowest BCUT2D eigenvalue weighted by atomic mass is 10.2. The van der Waals surface area contributed by atoms with Gasteiger partial charge in [-0.2, -0.15) is 0 Å². The van der Waals surface area contributed by atoms with Crippen molar-refractivity contribution < 1.29 is 12.8 Å². The summed E-state index contributed by atoms with van der Waals surface area (Å²) >= 11 is 1.44. The molecule has 0 radical (unpaired) electrons. The molecule has 1 aromatic carbocycles. The van der Waals surface area contributed by atoms with E-state index in [-0.39, 0.29) is 22.7 Å². The Morgan fingerprint density at radius 3 is 2.76 bits per heavy atom. The number of benzene rings is 1. The van der Waals surface area contributed by atoms with E-state index in [0.29, 0.717) is 5.01 Å². The van der Waals surface area contributed by atoms with Crippen molar-refractivity contribution in [3.05, 3.63) is 39.6 Å². The predicted molar refractivity (Wildman–Crippen MR) is 81.1 cm³/mol. The second-order valence-electron chi connectivity index (χ2n) is 4.52. The van der Waals surface area contributed by atoms with E-state index in [0.717, 1.165) is 17.4 Å². The molecule has 2 aromatic rings. The first-order chi connectivity index (χ1) is 9.83. The van der Waals surface area contributed by atoms with Gasteiger partial charge in [0.15, 0.2) is 0 Å². The molecule has 8 heteroatoms. The molecule has 0 saturated carbocycles. The summed E-state index contributed by atoms with van der Waals surface area (Å²) < 4.78 is 40.5. The molecule has 0 amide bonds. The zero-order valence-corrected chi connectivity index (χ0v) is 13.3. The van der Waals surface area contributed by atoms with Crippen LogP contribution in [0.25, 0.3) is 0 Å². The Labute approximate surface area is 127 Å². The molecular weight excluding hydrogens is 313 g/mol. The Morgan fingerprint density at radius 1 is 1.43 bits per heavy atom. The van der Waals surface area contributed by atoms with Crippen LogP contribution in [0.15, 0.2) is 23.2 Å². The SMILES string of the molecule is CCc1cnc(CNS(=O)(=O)c2cc(N)cc(F)c2C)s1. The van der Waals surface area contributed by atoms with Gasteiger partial charge < -0.3 is 5.73 Å². The third-order valence-corrected chi connectivity index (χ3v) is 5.64. The van der Waals surface area contributed by atoms with E-state index in [1.807, 2.05) is 6.92 Å². The molecule has 0 atom stereocenters. The van der Waals surface area contributed by atoms with E-state index >= 15 is 0 Å². The predicted octanol–water partition coefficient (Wildman–Crippen LogP) is 2.21. The van der Waals surface area contributed by atoms with Crippen LogP contribution in [0.4, 0.5) is 10.1 Å². The van der Waals surface area contributed by atoms with Crippen LogP contribution in [0.2, 0.25) is 0 Å². The summed E-state index contributed by atoms with van der Waals surface area (Å²) in [5, 5.41) is 0.664. The minimum Gasteiger partial charge on any atom is -0.399 e. The molecule has 114 valence electrons. The van der Waals surface area contributed by atoms with Gasteiger partial charge in [0.2, 0.25) is 10.0 Å². The normalized spacial score (nSPS) is 11.8. The number of hydrogen-bond donors (Lipinski definition) is 2. The third kappa shape index (κ3) is 3.58. The molecule has 0 aliphatic heterocycles. The molecule has 0 fully saturated rings. The highest BCUT2D eigenvalue weighted by molar-refractivity contribution is 7.89. The number of rotatable bonds is 5. The highest BCUT2D eigenvalue weighted by Crippen LogP contribution is 2.22. The van der Waals surface area contributed by atoms with Gasteiger partial charge in [0.1, 0.15) is 10.8 Å². The topological polar surface area (TPSA) is 85.1 Å². The maximum Gasteiger partial charge on any atom is 0.241 e. The molecule has 1 heterocycles. The molecule has 3 N–H and O–H groups in total. The minimum absolute atomic E-state index is 0.0464. The average Bonchev–Trinajstić information content (AvgIpc) is 2.88. The lowest BCUT2D eigenvalue weighted by molar-refractivity contribution is 0.574. The van der Waals surface area contributed by atoms with Crippen molar-refractivity contribution in [1.82, 2.24) is 9.71 Å². The number of nitrogen functional groups attached to an aromatic ring is 1.